The third kappa shape index (κ3) is 3.16. The number of aromatic nitrogens is 1. The molecule has 0 bridgehead atoms. The van der Waals surface area contributed by atoms with E-state index in [1.165, 1.54) is 37.3 Å². The normalized spacial score (nSPS) is 19.5. The van der Waals surface area contributed by atoms with Crippen molar-refractivity contribution in [1.82, 2.24) is 20.5 Å². The number of pyridine rings is 1. The maximum Gasteiger partial charge on any atom is 0.356 e. The van der Waals surface area contributed by atoms with Gasteiger partial charge in [-0.3, -0.25) is 14.9 Å². The number of nitrogens with zero attached hydrogens (tertiary/aromatic N) is 2. The van der Waals surface area contributed by atoms with E-state index in [4.69, 9.17) is 9.15 Å². The summed E-state index contributed by atoms with van der Waals surface area (Å²) >= 11 is 0. The van der Waals surface area contributed by atoms with Crippen molar-refractivity contribution < 1.29 is 33.1 Å². The van der Waals surface area contributed by atoms with E-state index in [9.17, 15) is 19.2 Å². The molecular weight excluding hydrogens is 432 g/mol. The first-order valence-electron chi connectivity index (χ1n) is 9.94. The van der Waals surface area contributed by atoms with Gasteiger partial charge < -0.3 is 24.1 Å². The number of imide groups is 1. The van der Waals surface area contributed by atoms with Crippen molar-refractivity contribution >= 4 is 34.9 Å². The number of esters is 1. The van der Waals surface area contributed by atoms with E-state index in [2.05, 4.69) is 20.4 Å². The number of carbonyl (C=O) groups excluding carboxylic acids is 4. The maximum absolute atomic E-state index is 13.1. The van der Waals surface area contributed by atoms with Crippen LogP contribution in [0.5, 0.6) is 5.75 Å². The van der Waals surface area contributed by atoms with Crippen molar-refractivity contribution in [3.05, 3.63) is 59.0 Å². The van der Waals surface area contributed by atoms with E-state index in [1.807, 2.05) is 0 Å². The first kappa shape index (κ1) is 20.5. The summed E-state index contributed by atoms with van der Waals surface area (Å²) in [6.45, 7) is 0.0676. The molecule has 1 atom stereocenters. The van der Waals surface area contributed by atoms with Crippen LogP contribution in [-0.2, 0) is 21.6 Å². The van der Waals surface area contributed by atoms with Crippen LogP contribution in [0.1, 0.15) is 32.2 Å². The average Bonchev–Trinajstić information content (AvgIpc) is 3.46. The van der Waals surface area contributed by atoms with Gasteiger partial charge in [0.1, 0.15) is 22.7 Å². The zero-order valence-electron chi connectivity index (χ0n) is 17.6. The van der Waals surface area contributed by atoms with Crippen LogP contribution in [0.25, 0.3) is 11.1 Å². The third-order valence-electron chi connectivity index (χ3n) is 5.75. The molecule has 33 heavy (non-hydrogen) atoms. The lowest BCUT2D eigenvalue weighted by Crippen LogP contribution is -2.52. The number of rotatable bonds is 5. The quantitative estimate of drug-likeness (QED) is 0.438. The number of urea groups is 1. The van der Waals surface area contributed by atoms with Crippen molar-refractivity contribution in [2.24, 2.45) is 0 Å². The Morgan fingerprint density at radius 2 is 2.00 bits per heavy atom. The Morgan fingerprint density at radius 3 is 2.70 bits per heavy atom. The number of benzene rings is 1. The first-order valence-corrected chi connectivity index (χ1v) is 9.94. The van der Waals surface area contributed by atoms with Gasteiger partial charge in [-0.15, -0.1) is 0 Å². The highest BCUT2D eigenvalue weighted by Gasteiger charge is 2.53. The first-order chi connectivity index (χ1) is 15.8. The second-order valence-corrected chi connectivity index (χ2v) is 7.68. The number of carbonyl (C=O) groups is 4. The van der Waals surface area contributed by atoms with Crippen LogP contribution in [0.3, 0.4) is 0 Å². The summed E-state index contributed by atoms with van der Waals surface area (Å²) in [6, 6.07) is 8.86. The van der Waals surface area contributed by atoms with Crippen molar-refractivity contribution in [3.63, 3.8) is 0 Å². The second kappa shape index (κ2) is 7.33. The Hall–Kier alpha value is -4.41. The predicted molar refractivity (Wildman–Crippen MR) is 111 cm³/mol. The molecule has 5 rings (SSSR count). The molecular formula is C22H18N4O7. The van der Waals surface area contributed by atoms with Gasteiger partial charge in [-0.05, 0) is 29.8 Å². The number of ether oxygens (including phenoxy) is 2. The number of amides is 4. The lowest BCUT2D eigenvalue weighted by atomic mass is 9.95. The van der Waals surface area contributed by atoms with Crippen molar-refractivity contribution in [2.75, 3.05) is 20.8 Å². The molecule has 0 aliphatic carbocycles. The Kier molecular flexibility index (Phi) is 4.55. The Labute approximate surface area is 186 Å². The van der Waals surface area contributed by atoms with Crippen LogP contribution in [0, 0.1) is 0 Å². The minimum atomic E-state index is -1.68. The summed E-state index contributed by atoms with van der Waals surface area (Å²) in [5.74, 6) is -0.982. The molecule has 1 saturated heterocycles. The number of hydrogen-bond donors (Lipinski definition) is 2. The predicted octanol–water partition coefficient (Wildman–Crippen LogP) is 1.31. The van der Waals surface area contributed by atoms with Gasteiger partial charge in [-0.1, -0.05) is 6.07 Å². The standard InChI is InChI=1S/C22H18N4O7/c1-31-12-4-3-11-9-26(18(27)13(11)7-12)10-22(20(29)24-21(30)25-22)17-8-15-16(33-17)6-5-14(23-15)19(28)32-2/h3-8H,9-10H2,1-2H3,(H2,24,25,29,30)/t22-/m0/s1. The van der Waals surface area contributed by atoms with Gasteiger partial charge in [-0.2, -0.15) is 0 Å². The van der Waals surface area contributed by atoms with Crippen molar-refractivity contribution in [2.45, 2.75) is 12.1 Å². The molecule has 4 amide bonds. The molecule has 4 heterocycles. The fourth-order valence-corrected chi connectivity index (χ4v) is 4.09. The topological polar surface area (TPSA) is 140 Å². The summed E-state index contributed by atoms with van der Waals surface area (Å²) < 4.78 is 15.7. The molecule has 2 N–H and O–H groups in total. The minimum Gasteiger partial charge on any atom is -0.497 e. The number of methoxy groups -OCH3 is 2. The summed E-state index contributed by atoms with van der Waals surface area (Å²) in [4.78, 5) is 55.6. The molecule has 2 aromatic heterocycles. The highest BCUT2D eigenvalue weighted by molar-refractivity contribution is 6.08. The minimum absolute atomic E-state index is 0.0606. The van der Waals surface area contributed by atoms with Crippen LogP contribution in [-0.4, -0.2) is 54.5 Å². The van der Waals surface area contributed by atoms with Gasteiger partial charge in [-0.25, -0.2) is 14.6 Å². The molecule has 0 saturated carbocycles. The Bertz CT molecular complexity index is 1350. The van der Waals surface area contributed by atoms with E-state index in [1.54, 1.807) is 18.2 Å². The van der Waals surface area contributed by atoms with E-state index in [0.717, 1.165) is 5.56 Å². The summed E-state index contributed by atoms with van der Waals surface area (Å²) in [5, 5.41) is 4.82. The lowest BCUT2D eigenvalue weighted by molar-refractivity contribution is -0.125. The summed E-state index contributed by atoms with van der Waals surface area (Å²) in [5.41, 5.74) is 0.211. The smallest absolute Gasteiger partial charge is 0.356 e. The van der Waals surface area contributed by atoms with Gasteiger partial charge in [0.2, 0.25) is 0 Å². The number of fused-ring (bicyclic) bond motifs is 2. The summed E-state index contributed by atoms with van der Waals surface area (Å²) in [6.07, 6.45) is 0. The molecule has 1 aromatic carbocycles. The number of furan rings is 1. The van der Waals surface area contributed by atoms with Crippen molar-refractivity contribution in [1.29, 1.82) is 0 Å². The maximum atomic E-state index is 13.1. The highest BCUT2D eigenvalue weighted by atomic mass is 16.5. The van der Waals surface area contributed by atoms with Crippen LogP contribution in [0.2, 0.25) is 0 Å². The summed E-state index contributed by atoms with van der Waals surface area (Å²) in [7, 11) is 2.75. The molecule has 0 radical (unpaired) electrons. The van der Waals surface area contributed by atoms with Crippen molar-refractivity contribution in [3.8, 4) is 5.75 Å². The van der Waals surface area contributed by atoms with Gasteiger partial charge in [0.25, 0.3) is 11.8 Å². The molecule has 3 aromatic rings. The molecule has 168 valence electrons. The van der Waals surface area contributed by atoms with Crippen LogP contribution in [0.15, 0.2) is 40.8 Å². The largest absolute Gasteiger partial charge is 0.497 e. The molecule has 0 unspecified atom stereocenters. The fraction of sp³-hybridized carbons (Fsp3) is 0.227. The Morgan fingerprint density at radius 1 is 1.18 bits per heavy atom. The molecule has 11 nitrogen and oxygen atoms in total. The van der Waals surface area contributed by atoms with Gasteiger partial charge in [0.05, 0.1) is 20.8 Å². The number of hydrogen-bond acceptors (Lipinski definition) is 8. The monoisotopic (exact) mass is 450 g/mol. The van der Waals surface area contributed by atoms with E-state index < -0.39 is 23.4 Å². The van der Waals surface area contributed by atoms with Crippen LogP contribution < -0.4 is 15.4 Å². The third-order valence-corrected chi connectivity index (χ3v) is 5.75. The zero-order valence-corrected chi connectivity index (χ0v) is 17.6. The molecule has 0 spiro atoms. The van der Waals surface area contributed by atoms with Gasteiger partial charge in [0.15, 0.2) is 11.1 Å². The van der Waals surface area contributed by atoms with Gasteiger partial charge >= 0.3 is 12.0 Å². The van der Waals surface area contributed by atoms with Crippen LogP contribution >= 0.6 is 0 Å². The van der Waals surface area contributed by atoms with E-state index in [0.29, 0.717) is 22.4 Å². The van der Waals surface area contributed by atoms with E-state index >= 15 is 0 Å². The van der Waals surface area contributed by atoms with E-state index in [-0.39, 0.29) is 30.5 Å². The van der Waals surface area contributed by atoms with Crippen LogP contribution in [0.4, 0.5) is 4.79 Å². The fourth-order valence-electron chi connectivity index (χ4n) is 4.09. The lowest BCUT2D eigenvalue weighted by Gasteiger charge is -2.28. The molecule has 11 heteroatoms. The second-order valence-electron chi connectivity index (χ2n) is 7.68. The SMILES string of the molecule is COC(=O)c1ccc2oc([C@]3(CN4Cc5ccc(OC)cc5C4=O)NC(=O)NC3=O)cc2n1. The average molecular weight is 450 g/mol. The highest BCUT2D eigenvalue weighted by Crippen LogP contribution is 2.34. The Balaban J connectivity index is 1.54. The number of nitrogens with one attached hydrogen (secondary N) is 2. The molecule has 1 fully saturated rings. The van der Waals surface area contributed by atoms with Gasteiger partial charge in [0, 0.05) is 18.2 Å². The molecule has 2 aliphatic rings. The molecule has 2 aliphatic heterocycles. The zero-order chi connectivity index (χ0) is 23.3.